The van der Waals surface area contributed by atoms with E-state index in [2.05, 4.69) is 27.2 Å². The Labute approximate surface area is 46.1 Å². The van der Waals surface area contributed by atoms with Crippen molar-refractivity contribution in [2.45, 2.75) is 0 Å². The molecule has 0 fully saturated rings. The molecular formula is C4H7BrO. The molecule has 0 saturated heterocycles. The summed E-state index contributed by atoms with van der Waals surface area (Å²) in [6, 6.07) is 0. The number of hydrogen-bond donors (Lipinski definition) is 0. The molecule has 0 aliphatic carbocycles. The lowest BCUT2D eigenvalue weighted by Gasteiger charge is -1.88. The van der Waals surface area contributed by atoms with Gasteiger partial charge in [-0.05, 0) is 0 Å². The summed E-state index contributed by atoms with van der Waals surface area (Å²) in [6.07, 6.45) is 0. The van der Waals surface area contributed by atoms with Gasteiger partial charge in [0.2, 0.25) is 0 Å². The second-order valence-corrected chi connectivity index (χ2v) is 2.07. The first-order valence-electron chi connectivity index (χ1n) is 1.59. The second-order valence-electron chi connectivity index (χ2n) is 0.950. The van der Waals surface area contributed by atoms with E-state index >= 15 is 0 Å². The lowest BCUT2D eigenvalue weighted by Crippen LogP contribution is -1.82. The summed E-state index contributed by atoms with van der Waals surface area (Å²) < 4.78 is 5.54. The number of rotatable bonds is 2. The topological polar surface area (TPSA) is 9.23 Å². The smallest absolute Gasteiger partial charge is 0.0772 e. The molecule has 36 valence electrons. The Hall–Kier alpha value is 0.180. The van der Waals surface area contributed by atoms with Gasteiger partial charge in [-0.2, -0.15) is 0 Å². The summed E-state index contributed by atoms with van der Waals surface area (Å²) in [5, 5.41) is 0. The standard InChI is InChI=1S/C4H7BrO/c1-4(5)3-6-2/h1,3H2,2H3. The molecule has 0 saturated carbocycles. The van der Waals surface area contributed by atoms with Gasteiger partial charge < -0.3 is 4.74 Å². The van der Waals surface area contributed by atoms with Gasteiger partial charge in [0, 0.05) is 11.6 Å². The van der Waals surface area contributed by atoms with E-state index in [0.29, 0.717) is 6.61 Å². The van der Waals surface area contributed by atoms with Gasteiger partial charge >= 0.3 is 0 Å². The lowest BCUT2D eigenvalue weighted by atomic mass is 10.7. The Balaban J connectivity index is 2.83. The van der Waals surface area contributed by atoms with E-state index in [1.54, 1.807) is 7.11 Å². The highest BCUT2D eigenvalue weighted by Crippen LogP contribution is 1.97. The van der Waals surface area contributed by atoms with Crippen molar-refractivity contribution in [1.82, 2.24) is 0 Å². The molecule has 0 aliphatic heterocycles. The van der Waals surface area contributed by atoms with Crippen LogP contribution in [0, 0.1) is 0 Å². The number of hydrogen-bond acceptors (Lipinski definition) is 1. The SMILES string of the molecule is C=C(Br)COC. The third-order valence-electron chi connectivity index (χ3n) is 0.301. The Morgan fingerprint density at radius 3 is 2.50 bits per heavy atom. The minimum absolute atomic E-state index is 0.597. The molecule has 0 atom stereocenters. The normalized spacial score (nSPS) is 8.33. The van der Waals surface area contributed by atoms with Crippen LogP contribution >= 0.6 is 15.9 Å². The molecule has 0 aromatic carbocycles. The van der Waals surface area contributed by atoms with Crippen molar-refractivity contribution < 1.29 is 4.74 Å². The van der Waals surface area contributed by atoms with Crippen molar-refractivity contribution in [3.05, 3.63) is 11.1 Å². The number of methoxy groups -OCH3 is 1. The molecule has 0 radical (unpaired) electrons. The highest BCUT2D eigenvalue weighted by atomic mass is 79.9. The molecule has 0 unspecified atom stereocenters. The van der Waals surface area contributed by atoms with E-state index in [0.717, 1.165) is 4.48 Å². The van der Waals surface area contributed by atoms with Gasteiger partial charge in [-0.15, -0.1) is 0 Å². The fourth-order valence-corrected chi connectivity index (χ4v) is 0.386. The average molecular weight is 151 g/mol. The molecule has 0 bridgehead atoms. The van der Waals surface area contributed by atoms with Crippen LogP contribution in [0.4, 0.5) is 0 Å². The van der Waals surface area contributed by atoms with E-state index in [9.17, 15) is 0 Å². The zero-order valence-corrected chi connectivity index (χ0v) is 5.29. The van der Waals surface area contributed by atoms with Gasteiger partial charge in [0.05, 0.1) is 6.61 Å². The first-order valence-corrected chi connectivity index (χ1v) is 2.39. The summed E-state index contributed by atoms with van der Waals surface area (Å²) in [5.41, 5.74) is 0. The van der Waals surface area contributed by atoms with E-state index in [1.807, 2.05) is 0 Å². The van der Waals surface area contributed by atoms with Crippen molar-refractivity contribution >= 4 is 15.9 Å². The second kappa shape index (κ2) is 3.37. The van der Waals surface area contributed by atoms with E-state index in [-0.39, 0.29) is 0 Å². The molecule has 0 aromatic rings. The molecule has 0 heterocycles. The monoisotopic (exact) mass is 150 g/mol. The fraction of sp³-hybridized carbons (Fsp3) is 0.500. The van der Waals surface area contributed by atoms with Crippen molar-refractivity contribution in [3.63, 3.8) is 0 Å². The van der Waals surface area contributed by atoms with Gasteiger partial charge in [-0.25, -0.2) is 0 Å². The van der Waals surface area contributed by atoms with E-state index in [4.69, 9.17) is 0 Å². The Kier molecular flexibility index (Phi) is 3.47. The summed E-state index contributed by atoms with van der Waals surface area (Å²) in [5.74, 6) is 0. The molecule has 2 heteroatoms. The van der Waals surface area contributed by atoms with Crippen LogP contribution in [0.1, 0.15) is 0 Å². The van der Waals surface area contributed by atoms with Crippen LogP contribution < -0.4 is 0 Å². The first kappa shape index (κ1) is 6.18. The highest BCUT2D eigenvalue weighted by Gasteiger charge is 1.77. The van der Waals surface area contributed by atoms with Gasteiger partial charge in [0.1, 0.15) is 0 Å². The number of ether oxygens (including phenoxy) is 1. The molecule has 0 amide bonds. The van der Waals surface area contributed by atoms with E-state index < -0.39 is 0 Å². The number of halogens is 1. The van der Waals surface area contributed by atoms with Gasteiger partial charge in [0.15, 0.2) is 0 Å². The predicted octanol–water partition coefficient (Wildman–Crippen LogP) is 1.54. The highest BCUT2D eigenvalue weighted by molar-refractivity contribution is 9.11. The fourth-order valence-electron chi connectivity index (χ4n) is 0.157. The first-order chi connectivity index (χ1) is 2.77. The van der Waals surface area contributed by atoms with Gasteiger partial charge in [-0.3, -0.25) is 0 Å². The van der Waals surface area contributed by atoms with Gasteiger partial charge in [-0.1, -0.05) is 22.5 Å². The minimum Gasteiger partial charge on any atom is -0.379 e. The molecule has 0 rings (SSSR count). The Morgan fingerprint density at radius 1 is 2.00 bits per heavy atom. The van der Waals surface area contributed by atoms with Crippen LogP contribution in [-0.4, -0.2) is 13.7 Å². The van der Waals surface area contributed by atoms with Crippen LogP contribution in [0.3, 0.4) is 0 Å². The van der Waals surface area contributed by atoms with Crippen LogP contribution in [0.5, 0.6) is 0 Å². The van der Waals surface area contributed by atoms with Crippen molar-refractivity contribution in [2.75, 3.05) is 13.7 Å². The van der Waals surface area contributed by atoms with Crippen LogP contribution in [-0.2, 0) is 4.74 Å². The largest absolute Gasteiger partial charge is 0.379 e. The van der Waals surface area contributed by atoms with Crippen LogP contribution in [0.2, 0.25) is 0 Å². The summed E-state index contributed by atoms with van der Waals surface area (Å²) in [7, 11) is 1.63. The quantitative estimate of drug-likeness (QED) is 0.581. The van der Waals surface area contributed by atoms with Crippen LogP contribution in [0.15, 0.2) is 11.1 Å². The zero-order valence-electron chi connectivity index (χ0n) is 3.70. The molecule has 0 N–H and O–H groups in total. The van der Waals surface area contributed by atoms with Crippen molar-refractivity contribution in [2.24, 2.45) is 0 Å². The lowest BCUT2D eigenvalue weighted by molar-refractivity contribution is 0.232. The van der Waals surface area contributed by atoms with Crippen LogP contribution in [0.25, 0.3) is 0 Å². The molecule has 0 aliphatic rings. The molecular weight excluding hydrogens is 144 g/mol. The Morgan fingerprint density at radius 2 is 2.50 bits per heavy atom. The molecule has 6 heavy (non-hydrogen) atoms. The molecule has 1 nitrogen and oxygen atoms in total. The third kappa shape index (κ3) is 4.18. The average Bonchev–Trinajstić information content (AvgIpc) is 1.35. The summed E-state index contributed by atoms with van der Waals surface area (Å²) in [6.45, 7) is 4.13. The van der Waals surface area contributed by atoms with Crippen molar-refractivity contribution in [3.8, 4) is 0 Å². The van der Waals surface area contributed by atoms with Crippen molar-refractivity contribution in [1.29, 1.82) is 0 Å². The third-order valence-corrected chi connectivity index (χ3v) is 0.530. The molecule has 0 spiro atoms. The van der Waals surface area contributed by atoms with E-state index in [1.165, 1.54) is 0 Å². The minimum atomic E-state index is 0.597. The Bertz CT molecular complexity index is 51.5. The maximum atomic E-state index is 4.66. The zero-order chi connectivity index (χ0) is 4.99. The predicted molar refractivity (Wildman–Crippen MR) is 29.9 cm³/mol. The summed E-state index contributed by atoms with van der Waals surface area (Å²) in [4.78, 5) is 0. The summed E-state index contributed by atoms with van der Waals surface area (Å²) >= 11 is 3.12. The maximum Gasteiger partial charge on any atom is 0.0772 e. The molecule has 0 aromatic heterocycles. The van der Waals surface area contributed by atoms with Gasteiger partial charge in [0.25, 0.3) is 0 Å². The maximum absolute atomic E-state index is 4.66.